The highest BCUT2D eigenvalue weighted by molar-refractivity contribution is 5.91. The predicted molar refractivity (Wildman–Crippen MR) is 88.9 cm³/mol. The zero-order valence-corrected chi connectivity index (χ0v) is 13.5. The highest BCUT2D eigenvalue weighted by Crippen LogP contribution is 2.17. The Morgan fingerprint density at radius 3 is 2.54 bits per heavy atom. The van der Waals surface area contributed by atoms with Crippen LogP contribution in [0.5, 0.6) is 0 Å². The van der Waals surface area contributed by atoms with Gasteiger partial charge in [-0.1, -0.05) is 49.7 Å². The maximum atomic E-state index is 13.1. The molecule has 0 aliphatic carbocycles. The fraction of sp³-hybridized carbons (Fsp3) is 0.263. The summed E-state index contributed by atoms with van der Waals surface area (Å²) in [5.41, 5.74) is 1.08. The average Bonchev–Trinajstić information content (AvgIpc) is 2.60. The molecule has 24 heavy (non-hydrogen) atoms. The molecule has 5 heteroatoms. The lowest BCUT2D eigenvalue weighted by atomic mass is 10.0. The summed E-state index contributed by atoms with van der Waals surface area (Å²) < 4.78 is 18.0. The van der Waals surface area contributed by atoms with Gasteiger partial charge in [0.15, 0.2) is 6.61 Å². The first-order chi connectivity index (χ1) is 11.6. The summed E-state index contributed by atoms with van der Waals surface area (Å²) in [5.74, 6) is -1.64. The maximum absolute atomic E-state index is 13.1. The van der Waals surface area contributed by atoms with E-state index in [-0.39, 0.29) is 17.5 Å². The maximum Gasteiger partial charge on any atom is 0.338 e. The first kappa shape index (κ1) is 17.7. The third-order valence-corrected chi connectivity index (χ3v) is 3.51. The van der Waals surface area contributed by atoms with Gasteiger partial charge in [0.2, 0.25) is 0 Å². The van der Waals surface area contributed by atoms with Gasteiger partial charge >= 0.3 is 5.97 Å². The smallest absolute Gasteiger partial charge is 0.338 e. The van der Waals surface area contributed by atoms with Gasteiger partial charge in [-0.15, -0.1) is 0 Å². The van der Waals surface area contributed by atoms with Gasteiger partial charge in [-0.05, 0) is 30.2 Å². The summed E-state index contributed by atoms with van der Waals surface area (Å²) in [7, 11) is 0. The molecule has 1 N–H and O–H groups in total. The summed E-state index contributed by atoms with van der Waals surface area (Å²) in [4.78, 5) is 23.9. The number of hydrogen-bond acceptors (Lipinski definition) is 3. The van der Waals surface area contributed by atoms with Crippen molar-refractivity contribution in [3.63, 3.8) is 0 Å². The van der Waals surface area contributed by atoms with Gasteiger partial charge < -0.3 is 10.1 Å². The minimum absolute atomic E-state index is 0.0796. The lowest BCUT2D eigenvalue weighted by molar-refractivity contribution is -0.125. The third kappa shape index (κ3) is 5.19. The van der Waals surface area contributed by atoms with E-state index >= 15 is 0 Å². The summed E-state index contributed by atoms with van der Waals surface area (Å²) in [6.07, 6.45) is 1.69. The van der Waals surface area contributed by atoms with Crippen LogP contribution in [0.15, 0.2) is 54.6 Å². The van der Waals surface area contributed by atoms with E-state index in [1.54, 1.807) is 0 Å². The molecule has 0 unspecified atom stereocenters. The number of hydrogen-bond donors (Lipinski definition) is 1. The van der Waals surface area contributed by atoms with Crippen LogP contribution in [0, 0.1) is 5.82 Å². The van der Waals surface area contributed by atoms with E-state index in [4.69, 9.17) is 4.74 Å². The Labute approximate surface area is 140 Å². The summed E-state index contributed by atoms with van der Waals surface area (Å²) in [5, 5.41) is 2.86. The Bertz CT molecular complexity index is 688. The van der Waals surface area contributed by atoms with Gasteiger partial charge in [-0.3, -0.25) is 4.79 Å². The SMILES string of the molecule is CCC[C@@H](NC(=O)COC(=O)c1cccc(F)c1)c1ccccc1. The number of rotatable bonds is 7. The molecule has 1 amide bonds. The number of amides is 1. The van der Waals surface area contributed by atoms with Crippen molar-refractivity contribution in [1.29, 1.82) is 0 Å². The van der Waals surface area contributed by atoms with Crippen molar-refractivity contribution in [3.05, 3.63) is 71.5 Å². The van der Waals surface area contributed by atoms with E-state index in [2.05, 4.69) is 5.32 Å². The van der Waals surface area contributed by atoms with E-state index in [9.17, 15) is 14.0 Å². The average molecular weight is 329 g/mol. The topological polar surface area (TPSA) is 55.4 Å². The molecule has 2 rings (SSSR count). The molecule has 2 aromatic carbocycles. The van der Waals surface area contributed by atoms with Gasteiger partial charge in [0.05, 0.1) is 11.6 Å². The van der Waals surface area contributed by atoms with Crippen LogP contribution in [0.4, 0.5) is 4.39 Å². The molecule has 126 valence electrons. The molecule has 0 heterocycles. The normalized spacial score (nSPS) is 11.6. The molecule has 0 aliphatic heterocycles. The molecule has 0 saturated carbocycles. The van der Waals surface area contributed by atoms with Crippen LogP contribution < -0.4 is 5.32 Å². The van der Waals surface area contributed by atoms with Gasteiger partial charge in [0.1, 0.15) is 5.82 Å². The Balaban J connectivity index is 1.90. The van der Waals surface area contributed by atoms with Crippen molar-refractivity contribution < 1.29 is 18.7 Å². The van der Waals surface area contributed by atoms with Crippen molar-refractivity contribution >= 4 is 11.9 Å². The van der Waals surface area contributed by atoms with Crippen molar-refractivity contribution in [1.82, 2.24) is 5.32 Å². The number of carbonyl (C=O) groups excluding carboxylic acids is 2. The molecular formula is C19H20FNO3. The minimum Gasteiger partial charge on any atom is -0.452 e. The number of halogens is 1. The van der Waals surface area contributed by atoms with Gasteiger partial charge in [0, 0.05) is 0 Å². The summed E-state index contributed by atoms with van der Waals surface area (Å²) >= 11 is 0. The van der Waals surface area contributed by atoms with Crippen LogP contribution in [-0.4, -0.2) is 18.5 Å². The quantitative estimate of drug-likeness (QED) is 0.789. The zero-order valence-electron chi connectivity index (χ0n) is 13.5. The monoisotopic (exact) mass is 329 g/mol. The second-order valence-corrected chi connectivity index (χ2v) is 5.41. The molecule has 0 aromatic heterocycles. The second kappa shape index (κ2) is 8.82. The Morgan fingerprint density at radius 2 is 1.88 bits per heavy atom. The molecule has 0 fully saturated rings. The molecule has 0 aliphatic rings. The van der Waals surface area contributed by atoms with Crippen LogP contribution in [0.3, 0.4) is 0 Å². The van der Waals surface area contributed by atoms with Gasteiger partial charge in [-0.25, -0.2) is 9.18 Å². The third-order valence-electron chi connectivity index (χ3n) is 3.51. The van der Waals surface area contributed by atoms with E-state index < -0.39 is 18.4 Å². The largest absolute Gasteiger partial charge is 0.452 e. The minimum atomic E-state index is -0.726. The van der Waals surface area contributed by atoms with Crippen LogP contribution >= 0.6 is 0 Å². The Kier molecular flexibility index (Phi) is 6.49. The van der Waals surface area contributed by atoms with E-state index in [0.29, 0.717) is 0 Å². The molecule has 4 nitrogen and oxygen atoms in total. The number of ether oxygens (including phenoxy) is 1. The van der Waals surface area contributed by atoms with Gasteiger partial charge in [0.25, 0.3) is 5.91 Å². The lowest BCUT2D eigenvalue weighted by Gasteiger charge is -2.18. The van der Waals surface area contributed by atoms with Crippen LogP contribution in [-0.2, 0) is 9.53 Å². The van der Waals surface area contributed by atoms with Crippen LogP contribution in [0.25, 0.3) is 0 Å². The lowest BCUT2D eigenvalue weighted by Crippen LogP contribution is -2.32. The molecule has 0 saturated heterocycles. The van der Waals surface area contributed by atoms with Gasteiger partial charge in [-0.2, -0.15) is 0 Å². The van der Waals surface area contributed by atoms with E-state index in [1.807, 2.05) is 37.3 Å². The fourth-order valence-corrected chi connectivity index (χ4v) is 2.36. The fourth-order valence-electron chi connectivity index (χ4n) is 2.36. The molecule has 0 spiro atoms. The second-order valence-electron chi connectivity index (χ2n) is 5.41. The first-order valence-corrected chi connectivity index (χ1v) is 7.87. The number of benzene rings is 2. The van der Waals surface area contributed by atoms with Crippen LogP contribution in [0.1, 0.15) is 41.7 Å². The first-order valence-electron chi connectivity index (χ1n) is 7.87. The van der Waals surface area contributed by atoms with Crippen molar-refractivity contribution in [3.8, 4) is 0 Å². The summed E-state index contributed by atoms with van der Waals surface area (Å²) in [6.45, 7) is 1.63. The molecule has 2 aromatic rings. The number of carbonyl (C=O) groups is 2. The zero-order chi connectivity index (χ0) is 17.4. The van der Waals surface area contributed by atoms with E-state index in [1.165, 1.54) is 18.2 Å². The molecule has 1 atom stereocenters. The van der Waals surface area contributed by atoms with Crippen molar-refractivity contribution in [2.45, 2.75) is 25.8 Å². The number of nitrogens with one attached hydrogen (secondary N) is 1. The Morgan fingerprint density at radius 1 is 1.12 bits per heavy atom. The van der Waals surface area contributed by atoms with Crippen molar-refractivity contribution in [2.75, 3.05) is 6.61 Å². The predicted octanol–water partition coefficient (Wildman–Crippen LogP) is 3.64. The summed E-state index contributed by atoms with van der Waals surface area (Å²) in [6, 6.07) is 14.7. The number of esters is 1. The molecule has 0 bridgehead atoms. The van der Waals surface area contributed by atoms with Crippen molar-refractivity contribution in [2.24, 2.45) is 0 Å². The van der Waals surface area contributed by atoms with E-state index in [0.717, 1.165) is 24.5 Å². The molecule has 0 radical (unpaired) electrons. The standard InChI is InChI=1S/C19H20FNO3/c1-2-7-17(14-8-4-3-5-9-14)21-18(22)13-24-19(23)15-10-6-11-16(20)12-15/h3-6,8-12,17H,2,7,13H2,1H3,(H,21,22)/t17-/m1/s1. The highest BCUT2D eigenvalue weighted by atomic mass is 19.1. The Hall–Kier alpha value is -2.69. The highest BCUT2D eigenvalue weighted by Gasteiger charge is 2.15. The molecular weight excluding hydrogens is 309 g/mol. The van der Waals surface area contributed by atoms with Crippen LogP contribution in [0.2, 0.25) is 0 Å².